The monoisotopic (exact) mass is 527 g/mol. The van der Waals surface area contributed by atoms with Crippen molar-refractivity contribution in [3.8, 4) is 0 Å². The first-order valence-corrected chi connectivity index (χ1v) is 13.4. The fraction of sp³-hybridized carbons (Fsp3) is 0.545. The summed E-state index contributed by atoms with van der Waals surface area (Å²) in [6.07, 6.45) is 9.61. The third kappa shape index (κ3) is 9.01. The summed E-state index contributed by atoms with van der Waals surface area (Å²) < 4.78 is 28.4. The fourth-order valence-corrected chi connectivity index (χ4v) is 4.41. The Bertz CT molecular complexity index is 926. The third-order valence-electron chi connectivity index (χ3n) is 4.89. The maximum atomic E-state index is 12.5. The van der Waals surface area contributed by atoms with Gasteiger partial charge in [-0.25, -0.2) is 18.1 Å². The van der Waals surface area contributed by atoms with Crippen molar-refractivity contribution in [2.24, 2.45) is 0 Å². The lowest BCUT2D eigenvalue weighted by molar-refractivity contribution is 0.281. The first-order chi connectivity index (χ1) is 15.4. The summed E-state index contributed by atoms with van der Waals surface area (Å²) in [7, 11) is -3.53. The summed E-state index contributed by atoms with van der Waals surface area (Å²) in [5.74, 6) is 0.909. The van der Waals surface area contributed by atoms with E-state index in [0.29, 0.717) is 28.5 Å². The molecule has 0 fully saturated rings. The number of nitrogens with zero attached hydrogens (tertiary/aromatic N) is 2. The van der Waals surface area contributed by atoms with Crippen LogP contribution in [0.2, 0.25) is 0 Å². The van der Waals surface area contributed by atoms with E-state index in [1.807, 2.05) is 6.92 Å². The van der Waals surface area contributed by atoms with Crippen molar-refractivity contribution in [1.82, 2.24) is 14.7 Å². The van der Waals surface area contributed by atoms with E-state index in [1.54, 1.807) is 30.5 Å². The molecule has 0 saturated heterocycles. The highest BCUT2D eigenvalue weighted by Gasteiger charge is 2.13. The lowest BCUT2D eigenvalue weighted by atomic mass is 10.1. The minimum atomic E-state index is -3.53. The van der Waals surface area contributed by atoms with Gasteiger partial charge in [-0.05, 0) is 53.5 Å². The summed E-state index contributed by atoms with van der Waals surface area (Å²) in [6, 6.07) is 6.31. The highest BCUT2D eigenvalue weighted by molar-refractivity contribution is 9.10. The Morgan fingerprint density at radius 3 is 2.38 bits per heavy atom. The average Bonchev–Trinajstić information content (AvgIpc) is 2.78. The average molecular weight is 529 g/mol. The topological polar surface area (TPSA) is 116 Å². The number of aliphatic hydroxyl groups excluding tert-OH is 1. The maximum absolute atomic E-state index is 12.5. The molecule has 0 aliphatic rings. The molecule has 0 aliphatic heterocycles. The molecule has 4 N–H and O–H groups in total. The lowest BCUT2D eigenvalue weighted by Gasteiger charge is -2.14. The maximum Gasteiger partial charge on any atom is 0.240 e. The Hall–Kier alpha value is -1.75. The van der Waals surface area contributed by atoms with E-state index in [2.05, 4.69) is 48.2 Å². The van der Waals surface area contributed by atoms with E-state index >= 15 is 0 Å². The summed E-state index contributed by atoms with van der Waals surface area (Å²) in [4.78, 5) is 8.83. The molecular formula is C22H34BrN5O3S. The number of rotatable bonds is 15. The van der Waals surface area contributed by atoms with Crippen LogP contribution in [0.25, 0.3) is 0 Å². The molecule has 10 heteroatoms. The van der Waals surface area contributed by atoms with Crippen LogP contribution >= 0.6 is 15.9 Å². The molecule has 2 aromatic rings. The second-order valence-corrected chi connectivity index (χ2v) is 10.4. The second kappa shape index (κ2) is 13.7. The minimum absolute atomic E-state index is 0.0257. The van der Waals surface area contributed by atoms with Crippen LogP contribution in [0.5, 0.6) is 0 Å². The summed E-state index contributed by atoms with van der Waals surface area (Å²) in [6.45, 7) is 4.45. The van der Waals surface area contributed by atoms with Gasteiger partial charge in [0.1, 0.15) is 5.82 Å². The number of halogens is 1. The van der Waals surface area contributed by atoms with Gasteiger partial charge in [0.05, 0.1) is 16.0 Å². The Kier molecular flexibility index (Phi) is 11.4. The number of anilines is 3. The first-order valence-electron chi connectivity index (χ1n) is 11.1. The van der Waals surface area contributed by atoms with Gasteiger partial charge in [0.25, 0.3) is 0 Å². The van der Waals surface area contributed by atoms with Crippen molar-refractivity contribution in [2.75, 3.05) is 23.8 Å². The number of unbranched alkanes of at least 4 members (excludes halogenated alkanes) is 6. The quantitative estimate of drug-likeness (QED) is 0.245. The molecule has 0 aliphatic carbocycles. The Morgan fingerprint density at radius 2 is 1.72 bits per heavy atom. The van der Waals surface area contributed by atoms with E-state index < -0.39 is 10.0 Å². The van der Waals surface area contributed by atoms with Crippen LogP contribution in [0, 0.1) is 0 Å². The van der Waals surface area contributed by atoms with Crippen LogP contribution in [0.4, 0.5) is 17.5 Å². The van der Waals surface area contributed by atoms with Gasteiger partial charge in [-0.15, -0.1) is 0 Å². The normalized spacial score (nSPS) is 12.5. The number of benzene rings is 1. The van der Waals surface area contributed by atoms with Crippen molar-refractivity contribution in [2.45, 2.75) is 69.7 Å². The Balaban J connectivity index is 1.87. The van der Waals surface area contributed by atoms with Crippen molar-refractivity contribution < 1.29 is 13.5 Å². The highest BCUT2D eigenvalue weighted by atomic mass is 79.9. The van der Waals surface area contributed by atoms with Crippen LogP contribution < -0.4 is 15.4 Å². The van der Waals surface area contributed by atoms with Gasteiger partial charge < -0.3 is 15.7 Å². The first kappa shape index (κ1) is 26.5. The zero-order chi connectivity index (χ0) is 23.4. The molecule has 1 atom stereocenters. The molecule has 178 valence electrons. The standard InChI is InChI=1S/C22H34BrN5O3S/c1-3-4-5-6-7-8-9-14-25-32(30,31)19-12-10-18(11-13-19)27-22-24-15-20(23)21(28-22)26-17(2)16-29/h10-13,15,17,25,29H,3-9,14,16H2,1-2H3,(H2,24,26,27,28)/t17-/m1/s1. The molecule has 0 bridgehead atoms. The van der Waals surface area contributed by atoms with E-state index in [1.165, 1.54) is 25.7 Å². The number of hydrogen-bond acceptors (Lipinski definition) is 7. The second-order valence-electron chi connectivity index (χ2n) is 7.79. The predicted octanol–water partition coefficient (Wildman–Crippen LogP) is 4.80. The molecular weight excluding hydrogens is 494 g/mol. The SMILES string of the molecule is CCCCCCCCCNS(=O)(=O)c1ccc(Nc2ncc(Br)c(N[C@H](C)CO)n2)cc1. The van der Waals surface area contributed by atoms with Crippen molar-refractivity contribution >= 4 is 43.4 Å². The number of aromatic nitrogens is 2. The molecule has 1 aromatic heterocycles. The molecule has 32 heavy (non-hydrogen) atoms. The smallest absolute Gasteiger partial charge is 0.240 e. The van der Waals surface area contributed by atoms with Crippen LogP contribution in [-0.4, -0.2) is 42.7 Å². The van der Waals surface area contributed by atoms with Crippen LogP contribution in [0.1, 0.15) is 58.8 Å². The summed E-state index contributed by atoms with van der Waals surface area (Å²) in [5, 5.41) is 15.4. The van der Waals surface area contributed by atoms with Gasteiger partial charge in [-0.2, -0.15) is 4.98 Å². The Labute approximate surface area is 199 Å². The van der Waals surface area contributed by atoms with Gasteiger partial charge in [0.2, 0.25) is 16.0 Å². The van der Waals surface area contributed by atoms with E-state index in [-0.39, 0.29) is 17.5 Å². The van der Waals surface area contributed by atoms with Crippen LogP contribution in [0.3, 0.4) is 0 Å². The van der Waals surface area contributed by atoms with Gasteiger partial charge >= 0.3 is 0 Å². The number of sulfonamides is 1. The van der Waals surface area contributed by atoms with Gasteiger partial charge in [0, 0.05) is 24.5 Å². The predicted molar refractivity (Wildman–Crippen MR) is 133 cm³/mol. The largest absolute Gasteiger partial charge is 0.394 e. The lowest BCUT2D eigenvalue weighted by Crippen LogP contribution is -2.24. The minimum Gasteiger partial charge on any atom is -0.394 e. The van der Waals surface area contributed by atoms with Gasteiger partial charge in [-0.3, -0.25) is 0 Å². The zero-order valence-electron chi connectivity index (χ0n) is 18.8. The van der Waals surface area contributed by atoms with Crippen molar-refractivity contribution in [1.29, 1.82) is 0 Å². The van der Waals surface area contributed by atoms with E-state index in [4.69, 9.17) is 0 Å². The van der Waals surface area contributed by atoms with Crippen molar-refractivity contribution in [3.63, 3.8) is 0 Å². The number of aliphatic hydroxyl groups is 1. The Morgan fingerprint density at radius 1 is 1.06 bits per heavy atom. The molecule has 0 amide bonds. The van der Waals surface area contributed by atoms with Gasteiger partial charge in [0.15, 0.2) is 0 Å². The molecule has 8 nitrogen and oxygen atoms in total. The summed E-state index contributed by atoms with van der Waals surface area (Å²) >= 11 is 3.38. The molecule has 0 unspecified atom stereocenters. The molecule has 0 radical (unpaired) electrons. The van der Waals surface area contributed by atoms with E-state index in [0.717, 1.165) is 19.3 Å². The van der Waals surface area contributed by atoms with Crippen LogP contribution in [0.15, 0.2) is 39.8 Å². The zero-order valence-corrected chi connectivity index (χ0v) is 21.2. The van der Waals surface area contributed by atoms with Crippen LogP contribution in [-0.2, 0) is 10.0 Å². The number of hydrogen-bond donors (Lipinski definition) is 4. The highest BCUT2D eigenvalue weighted by Crippen LogP contribution is 2.23. The number of nitrogens with one attached hydrogen (secondary N) is 3. The molecule has 1 aromatic carbocycles. The third-order valence-corrected chi connectivity index (χ3v) is 6.95. The molecule has 0 saturated carbocycles. The fourth-order valence-electron chi connectivity index (χ4n) is 3.03. The molecule has 2 rings (SSSR count). The molecule has 1 heterocycles. The van der Waals surface area contributed by atoms with Crippen molar-refractivity contribution in [3.05, 3.63) is 34.9 Å². The van der Waals surface area contributed by atoms with Gasteiger partial charge in [-0.1, -0.05) is 45.4 Å². The van der Waals surface area contributed by atoms with E-state index in [9.17, 15) is 13.5 Å². The molecule has 0 spiro atoms. The summed E-state index contributed by atoms with van der Waals surface area (Å²) in [5.41, 5.74) is 0.666.